The SMILES string of the molecule is CCN(CCNc1ccc(CC2=C(C)C(=O)c3ccccc3C2=O)cc1)Cc1ccc(C(C)(C)C)cc1. The molecule has 0 aliphatic heterocycles. The quantitative estimate of drug-likeness (QED) is 0.353. The van der Waals surface area contributed by atoms with Crippen molar-refractivity contribution < 1.29 is 9.59 Å². The van der Waals surface area contributed by atoms with Crippen LogP contribution in [-0.4, -0.2) is 36.1 Å². The van der Waals surface area contributed by atoms with E-state index in [0.29, 0.717) is 28.7 Å². The van der Waals surface area contributed by atoms with E-state index >= 15 is 0 Å². The highest BCUT2D eigenvalue weighted by molar-refractivity contribution is 6.26. The fourth-order valence-corrected chi connectivity index (χ4v) is 4.78. The second kappa shape index (κ2) is 11.3. The Morgan fingerprint density at radius 1 is 0.784 bits per heavy atom. The predicted octanol–water partition coefficient (Wildman–Crippen LogP) is 6.86. The minimum Gasteiger partial charge on any atom is -0.384 e. The minimum atomic E-state index is -0.0471. The Bertz CT molecular complexity index is 1300. The largest absolute Gasteiger partial charge is 0.384 e. The Morgan fingerprint density at radius 2 is 1.38 bits per heavy atom. The Labute approximate surface area is 221 Å². The molecular formula is C33H38N2O2. The number of nitrogens with one attached hydrogen (secondary N) is 1. The monoisotopic (exact) mass is 494 g/mol. The molecule has 3 aromatic rings. The number of allylic oxidation sites excluding steroid dienone is 2. The molecule has 0 atom stereocenters. The van der Waals surface area contributed by atoms with Crippen LogP contribution in [0.3, 0.4) is 0 Å². The van der Waals surface area contributed by atoms with Crippen LogP contribution in [0.4, 0.5) is 5.69 Å². The molecule has 0 aromatic heterocycles. The molecule has 3 aromatic carbocycles. The number of ketones is 2. The van der Waals surface area contributed by atoms with Crippen LogP contribution >= 0.6 is 0 Å². The molecule has 0 fully saturated rings. The van der Waals surface area contributed by atoms with Crippen LogP contribution in [0.5, 0.6) is 0 Å². The number of likely N-dealkylation sites (N-methyl/N-ethyl adjacent to an activating group) is 1. The molecular weight excluding hydrogens is 456 g/mol. The fraction of sp³-hybridized carbons (Fsp3) is 0.333. The summed E-state index contributed by atoms with van der Waals surface area (Å²) in [6.07, 6.45) is 0.461. The Balaban J connectivity index is 1.31. The first kappa shape index (κ1) is 26.6. The lowest BCUT2D eigenvalue weighted by Crippen LogP contribution is -2.28. The zero-order chi connectivity index (χ0) is 26.6. The predicted molar refractivity (Wildman–Crippen MR) is 153 cm³/mol. The van der Waals surface area contributed by atoms with Gasteiger partial charge in [-0.1, -0.05) is 88.4 Å². The van der Waals surface area contributed by atoms with E-state index in [2.05, 4.69) is 74.3 Å². The lowest BCUT2D eigenvalue weighted by Gasteiger charge is -2.23. The number of nitrogens with zero attached hydrogens (tertiary/aromatic N) is 1. The van der Waals surface area contributed by atoms with Crippen LogP contribution in [0.2, 0.25) is 0 Å². The summed E-state index contributed by atoms with van der Waals surface area (Å²) < 4.78 is 0. The molecule has 1 aliphatic carbocycles. The second-order valence-electron chi connectivity index (χ2n) is 10.9. The Kier molecular flexibility index (Phi) is 8.09. The average molecular weight is 495 g/mol. The van der Waals surface area contributed by atoms with Crippen molar-refractivity contribution in [3.63, 3.8) is 0 Å². The topological polar surface area (TPSA) is 49.4 Å². The van der Waals surface area contributed by atoms with Gasteiger partial charge in [-0.05, 0) is 47.7 Å². The highest BCUT2D eigenvalue weighted by Crippen LogP contribution is 2.28. The summed E-state index contributed by atoms with van der Waals surface area (Å²) >= 11 is 0. The highest BCUT2D eigenvalue weighted by atomic mass is 16.1. The van der Waals surface area contributed by atoms with Crippen molar-refractivity contribution in [2.75, 3.05) is 25.0 Å². The van der Waals surface area contributed by atoms with E-state index in [4.69, 9.17) is 0 Å². The van der Waals surface area contributed by atoms with Crippen LogP contribution in [-0.2, 0) is 18.4 Å². The number of anilines is 1. The summed E-state index contributed by atoms with van der Waals surface area (Å²) in [4.78, 5) is 28.2. The van der Waals surface area contributed by atoms with Gasteiger partial charge in [-0.3, -0.25) is 14.5 Å². The van der Waals surface area contributed by atoms with Crippen molar-refractivity contribution in [2.24, 2.45) is 0 Å². The minimum absolute atomic E-state index is 0.0393. The lowest BCUT2D eigenvalue weighted by molar-refractivity contribution is 0.0973. The lowest BCUT2D eigenvalue weighted by atomic mass is 9.82. The number of fused-ring (bicyclic) bond motifs is 1. The molecule has 192 valence electrons. The molecule has 0 unspecified atom stereocenters. The van der Waals surface area contributed by atoms with Gasteiger partial charge in [0.25, 0.3) is 0 Å². The number of carbonyl (C=O) groups is 2. The van der Waals surface area contributed by atoms with E-state index in [1.807, 2.05) is 18.2 Å². The van der Waals surface area contributed by atoms with E-state index in [1.165, 1.54) is 11.1 Å². The van der Waals surface area contributed by atoms with Gasteiger partial charge in [0, 0.05) is 54.0 Å². The van der Waals surface area contributed by atoms with Crippen molar-refractivity contribution in [2.45, 2.75) is 53.0 Å². The fourth-order valence-electron chi connectivity index (χ4n) is 4.78. The second-order valence-corrected chi connectivity index (χ2v) is 10.9. The van der Waals surface area contributed by atoms with Gasteiger partial charge in [-0.2, -0.15) is 0 Å². The first-order valence-corrected chi connectivity index (χ1v) is 13.2. The van der Waals surface area contributed by atoms with E-state index in [9.17, 15) is 9.59 Å². The Hall–Kier alpha value is -3.50. The van der Waals surface area contributed by atoms with Gasteiger partial charge in [0.15, 0.2) is 11.6 Å². The van der Waals surface area contributed by atoms with Crippen molar-refractivity contribution >= 4 is 17.3 Å². The molecule has 4 heteroatoms. The number of benzene rings is 3. The molecule has 0 bridgehead atoms. The molecule has 0 saturated carbocycles. The van der Waals surface area contributed by atoms with Crippen LogP contribution in [0.1, 0.15) is 72.0 Å². The van der Waals surface area contributed by atoms with Gasteiger partial charge < -0.3 is 5.32 Å². The third-order valence-corrected chi connectivity index (χ3v) is 7.25. The van der Waals surface area contributed by atoms with Crippen LogP contribution < -0.4 is 5.32 Å². The molecule has 37 heavy (non-hydrogen) atoms. The maximum absolute atomic E-state index is 13.0. The maximum Gasteiger partial charge on any atom is 0.190 e. The standard InChI is InChI=1S/C33H38N2O2/c1-6-35(22-25-11-15-26(16-12-25)33(3,4)5)20-19-34-27-17-13-24(14-18-27)21-30-23(2)31(36)28-9-7-8-10-29(28)32(30)37/h7-18,34H,6,19-22H2,1-5H3. The Morgan fingerprint density at radius 3 is 1.97 bits per heavy atom. The van der Waals surface area contributed by atoms with Crippen molar-refractivity contribution in [3.05, 3.63) is 112 Å². The third kappa shape index (κ3) is 6.26. The normalized spacial score (nSPS) is 13.8. The van der Waals surface area contributed by atoms with Gasteiger partial charge >= 0.3 is 0 Å². The van der Waals surface area contributed by atoms with E-state index in [0.717, 1.165) is 37.4 Å². The van der Waals surface area contributed by atoms with E-state index < -0.39 is 0 Å². The van der Waals surface area contributed by atoms with Crippen LogP contribution in [0.15, 0.2) is 83.9 Å². The number of hydrogen-bond acceptors (Lipinski definition) is 4. The van der Waals surface area contributed by atoms with Crippen molar-refractivity contribution in [1.29, 1.82) is 0 Å². The van der Waals surface area contributed by atoms with Crippen LogP contribution in [0.25, 0.3) is 0 Å². The van der Waals surface area contributed by atoms with Crippen LogP contribution in [0, 0.1) is 0 Å². The average Bonchev–Trinajstić information content (AvgIpc) is 2.90. The first-order chi connectivity index (χ1) is 17.7. The molecule has 4 nitrogen and oxygen atoms in total. The van der Waals surface area contributed by atoms with Gasteiger partial charge in [0.2, 0.25) is 0 Å². The summed E-state index contributed by atoms with van der Waals surface area (Å²) in [5.74, 6) is -0.0864. The first-order valence-electron chi connectivity index (χ1n) is 13.2. The van der Waals surface area contributed by atoms with E-state index in [-0.39, 0.29) is 17.0 Å². The number of hydrogen-bond donors (Lipinski definition) is 1. The highest BCUT2D eigenvalue weighted by Gasteiger charge is 2.29. The number of rotatable bonds is 9. The molecule has 0 amide bonds. The number of carbonyl (C=O) groups excluding carboxylic acids is 2. The summed E-state index contributed by atoms with van der Waals surface area (Å²) in [6, 6.07) is 24.3. The van der Waals surface area contributed by atoms with Gasteiger partial charge in [0.05, 0.1) is 0 Å². The summed E-state index contributed by atoms with van der Waals surface area (Å²) in [6.45, 7) is 14.4. The third-order valence-electron chi connectivity index (χ3n) is 7.25. The molecule has 4 rings (SSSR count). The van der Waals surface area contributed by atoms with E-state index in [1.54, 1.807) is 25.1 Å². The molecule has 1 aliphatic rings. The molecule has 0 heterocycles. The zero-order valence-corrected chi connectivity index (χ0v) is 22.7. The summed E-state index contributed by atoms with van der Waals surface area (Å²) in [5.41, 5.74) is 7.12. The van der Waals surface area contributed by atoms with Gasteiger partial charge in [-0.15, -0.1) is 0 Å². The number of Topliss-reactive ketones (excluding diaryl/α,β-unsaturated/α-hetero) is 2. The van der Waals surface area contributed by atoms with Gasteiger partial charge in [-0.25, -0.2) is 0 Å². The summed E-state index contributed by atoms with van der Waals surface area (Å²) in [7, 11) is 0. The molecule has 1 N–H and O–H groups in total. The molecule has 0 spiro atoms. The maximum atomic E-state index is 13.0. The zero-order valence-electron chi connectivity index (χ0n) is 22.7. The molecule has 0 saturated heterocycles. The molecule has 0 radical (unpaired) electrons. The smallest absolute Gasteiger partial charge is 0.190 e. The summed E-state index contributed by atoms with van der Waals surface area (Å²) in [5, 5.41) is 3.52. The van der Waals surface area contributed by atoms with Gasteiger partial charge in [0.1, 0.15) is 0 Å². The van der Waals surface area contributed by atoms with Crippen molar-refractivity contribution in [3.8, 4) is 0 Å². The van der Waals surface area contributed by atoms with Crippen molar-refractivity contribution in [1.82, 2.24) is 4.90 Å².